The van der Waals surface area contributed by atoms with Crippen molar-refractivity contribution >= 4 is 40.3 Å². The fourth-order valence-electron chi connectivity index (χ4n) is 3.73. The summed E-state index contributed by atoms with van der Waals surface area (Å²) in [6.07, 6.45) is 2.89. The van der Waals surface area contributed by atoms with E-state index in [0.29, 0.717) is 0 Å². The monoisotopic (exact) mass is 422 g/mol. The van der Waals surface area contributed by atoms with Crippen LogP contribution in [0.3, 0.4) is 0 Å². The molecule has 27 heavy (non-hydrogen) atoms. The van der Waals surface area contributed by atoms with Crippen LogP contribution in [0.4, 0.5) is 0 Å². The average Bonchev–Trinajstić information content (AvgIpc) is 3.27. The van der Waals surface area contributed by atoms with Crippen LogP contribution in [0.15, 0.2) is 36.5 Å². The van der Waals surface area contributed by atoms with Gasteiger partial charge in [-0.15, -0.1) is 11.3 Å². The Morgan fingerprint density at radius 3 is 2.78 bits per heavy atom. The highest BCUT2D eigenvalue weighted by Crippen LogP contribution is 2.42. The van der Waals surface area contributed by atoms with Gasteiger partial charge in [0.1, 0.15) is 0 Å². The number of nitrogens with one attached hydrogen (secondary N) is 1. The molecule has 0 amide bonds. The zero-order chi connectivity index (χ0) is 18.6. The number of thiophene rings is 1. The third kappa shape index (κ3) is 4.43. The molecule has 144 valence electrons. The minimum absolute atomic E-state index is 0.0387. The van der Waals surface area contributed by atoms with Gasteiger partial charge in [-0.1, -0.05) is 17.7 Å². The van der Waals surface area contributed by atoms with E-state index >= 15 is 0 Å². The van der Waals surface area contributed by atoms with Crippen LogP contribution in [0.2, 0.25) is 4.34 Å². The first kappa shape index (κ1) is 19.1. The lowest BCUT2D eigenvalue weighted by molar-refractivity contribution is 0.0366. The highest BCUT2D eigenvalue weighted by molar-refractivity contribution is 7.80. The number of rotatable bonds is 6. The largest absolute Gasteiger partial charge is 0.379 e. The first-order valence-electron chi connectivity index (χ1n) is 9.26. The topological polar surface area (TPSA) is 40.6 Å². The fourth-order valence-corrected chi connectivity index (χ4v) is 5.28. The summed E-state index contributed by atoms with van der Waals surface area (Å²) >= 11 is 13.6. The molecule has 0 aliphatic carbocycles. The van der Waals surface area contributed by atoms with Crippen LogP contribution in [-0.2, 0) is 4.74 Å². The summed E-state index contributed by atoms with van der Waals surface area (Å²) in [6, 6.07) is 10.2. The Morgan fingerprint density at radius 2 is 2.07 bits per heavy atom. The molecule has 8 heteroatoms. The van der Waals surface area contributed by atoms with Gasteiger partial charge in [0.25, 0.3) is 0 Å². The second kappa shape index (κ2) is 8.84. The van der Waals surface area contributed by atoms with Crippen molar-refractivity contribution in [1.82, 2.24) is 20.1 Å². The van der Waals surface area contributed by atoms with Crippen LogP contribution in [0.1, 0.15) is 29.1 Å². The molecule has 2 aromatic rings. The van der Waals surface area contributed by atoms with Crippen LogP contribution >= 0.6 is 35.2 Å². The molecule has 1 N–H and O–H groups in total. The summed E-state index contributed by atoms with van der Waals surface area (Å²) in [5, 5.41) is 4.29. The lowest BCUT2D eigenvalue weighted by Crippen LogP contribution is -2.38. The Bertz CT molecular complexity index is 766. The molecule has 2 saturated heterocycles. The second-order valence-electron chi connectivity index (χ2n) is 6.77. The number of hydrogen-bond acceptors (Lipinski definition) is 5. The molecule has 2 aromatic heterocycles. The van der Waals surface area contributed by atoms with Gasteiger partial charge in [0, 0.05) is 37.3 Å². The summed E-state index contributed by atoms with van der Waals surface area (Å²) in [5.41, 5.74) is 1.00. The summed E-state index contributed by atoms with van der Waals surface area (Å²) in [6.45, 7) is 5.68. The molecule has 0 aromatic carbocycles. The van der Waals surface area contributed by atoms with Crippen molar-refractivity contribution in [3.05, 3.63) is 51.4 Å². The van der Waals surface area contributed by atoms with Crippen LogP contribution in [0.5, 0.6) is 0 Å². The minimum Gasteiger partial charge on any atom is -0.379 e. The molecular formula is C19H23ClN4OS2. The van der Waals surface area contributed by atoms with Crippen LogP contribution in [0.25, 0.3) is 0 Å². The van der Waals surface area contributed by atoms with Gasteiger partial charge in [-0.05, 0) is 42.9 Å². The third-order valence-electron chi connectivity index (χ3n) is 5.06. The van der Waals surface area contributed by atoms with Crippen molar-refractivity contribution in [3.63, 3.8) is 0 Å². The molecule has 0 saturated carbocycles. The number of ether oxygens (including phenoxy) is 1. The zero-order valence-corrected chi connectivity index (χ0v) is 17.4. The van der Waals surface area contributed by atoms with Crippen molar-refractivity contribution in [2.75, 3.05) is 39.4 Å². The average molecular weight is 423 g/mol. The van der Waals surface area contributed by atoms with Gasteiger partial charge in [0.15, 0.2) is 5.11 Å². The summed E-state index contributed by atoms with van der Waals surface area (Å²) in [5.74, 6) is 0. The number of pyridine rings is 1. The molecule has 0 unspecified atom stereocenters. The summed E-state index contributed by atoms with van der Waals surface area (Å²) < 4.78 is 6.24. The second-order valence-corrected chi connectivity index (χ2v) is 8.90. The molecule has 0 bridgehead atoms. The molecule has 4 heterocycles. The predicted molar refractivity (Wildman–Crippen MR) is 113 cm³/mol. The molecule has 2 fully saturated rings. The zero-order valence-electron chi connectivity index (χ0n) is 15.0. The van der Waals surface area contributed by atoms with E-state index in [4.69, 9.17) is 28.6 Å². The normalized spacial score (nSPS) is 23.6. The van der Waals surface area contributed by atoms with Crippen molar-refractivity contribution in [2.24, 2.45) is 0 Å². The number of halogens is 1. The van der Waals surface area contributed by atoms with E-state index in [1.54, 1.807) is 11.3 Å². The standard InChI is InChI=1S/C19H23ClN4OS2/c20-16-6-5-15(27-16)18-17(14-4-1-2-7-21-14)22-19(26)24(18)9-3-8-23-10-12-25-13-11-23/h1-2,4-7,17-18H,3,8-13H2,(H,22,26)/t17-,18-/m1/s1. The number of nitrogens with zero attached hydrogens (tertiary/aromatic N) is 3. The van der Waals surface area contributed by atoms with Crippen LogP contribution in [0, 0.1) is 0 Å². The van der Waals surface area contributed by atoms with Crippen molar-refractivity contribution < 1.29 is 4.74 Å². The molecule has 4 rings (SSSR count). The maximum Gasteiger partial charge on any atom is 0.170 e. The number of thiocarbonyl (C=S) groups is 1. The highest BCUT2D eigenvalue weighted by atomic mass is 35.5. The van der Waals surface area contributed by atoms with Gasteiger partial charge in [0.2, 0.25) is 0 Å². The molecule has 0 spiro atoms. The Labute approximate surface area is 174 Å². The Hall–Kier alpha value is -1.25. The Balaban J connectivity index is 1.50. The van der Waals surface area contributed by atoms with Gasteiger partial charge in [-0.3, -0.25) is 9.88 Å². The molecule has 5 nitrogen and oxygen atoms in total. The fraction of sp³-hybridized carbons (Fsp3) is 0.474. The number of morpholine rings is 1. The Kier molecular flexibility index (Phi) is 6.24. The van der Waals surface area contributed by atoms with Crippen LogP contribution < -0.4 is 5.32 Å². The predicted octanol–water partition coefficient (Wildman–Crippen LogP) is 3.49. The molecular weight excluding hydrogens is 400 g/mol. The first-order valence-corrected chi connectivity index (χ1v) is 10.9. The molecule has 2 aliphatic heterocycles. The minimum atomic E-state index is 0.0387. The third-order valence-corrected chi connectivity index (χ3v) is 6.71. The van der Waals surface area contributed by atoms with E-state index in [1.807, 2.05) is 24.4 Å². The van der Waals surface area contributed by atoms with Gasteiger partial charge < -0.3 is 15.0 Å². The van der Waals surface area contributed by atoms with E-state index < -0.39 is 0 Å². The number of hydrogen-bond donors (Lipinski definition) is 1. The molecule has 2 atom stereocenters. The lowest BCUT2D eigenvalue weighted by atomic mass is 10.0. The number of aromatic nitrogens is 1. The van der Waals surface area contributed by atoms with Crippen molar-refractivity contribution in [2.45, 2.75) is 18.5 Å². The summed E-state index contributed by atoms with van der Waals surface area (Å²) in [7, 11) is 0. The van der Waals surface area contributed by atoms with E-state index in [1.165, 1.54) is 4.88 Å². The van der Waals surface area contributed by atoms with E-state index in [9.17, 15) is 0 Å². The van der Waals surface area contributed by atoms with E-state index in [-0.39, 0.29) is 12.1 Å². The van der Waals surface area contributed by atoms with Gasteiger partial charge >= 0.3 is 0 Å². The van der Waals surface area contributed by atoms with Crippen LogP contribution in [-0.4, -0.2) is 59.3 Å². The molecule has 0 radical (unpaired) electrons. The van der Waals surface area contributed by atoms with Gasteiger partial charge in [-0.2, -0.15) is 0 Å². The lowest BCUT2D eigenvalue weighted by Gasteiger charge is -2.29. The summed E-state index contributed by atoms with van der Waals surface area (Å²) in [4.78, 5) is 10.5. The van der Waals surface area contributed by atoms with Crippen molar-refractivity contribution in [3.8, 4) is 0 Å². The Morgan fingerprint density at radius 1 is 1.22 bits per heavy atom. The smallest absolute Gasteiger partial charge is 0.170 e. The quantitative estimate of drug-likeness (QED) is 0.718. The first-order chi connectivity index (χ1) is 13.2. The maximum absolute atomic E-state index is 6.24. The SMILES string of the molecule is S=C1N[C@H](c2ccccn2)[C@@H](c2ccc(Cl)s2)N1CCCN1CCOCC1. The van der Waals surface area contributed by atoms with Gasteiger partial charge in [-0.25, -0.2) is 0 Å². The molecule has 2 aliphatic rings. The van der Waals surface area contributed by atoms with Crippen molar-refractivity contribution in [1.29, 1.82) is 0 Å². The maximum atomic E-state index is 6.24. The van der Waals surface area contributed by atoms with Gasteiger partial charge in [0.05, 0.1) is 35.3 Å². The van der Waals surface area contributed by atoms with E-state index in [2.05, 4.69) is 32.2 Å². The highest BCUT2D eigenvalue weighted by Gasteiger charge is 2.40. The van der Waals surface area contributed by atoms with E-state index in [0.717, 1.165) is 61.0 Å².